The molecule has 4 heteroatoms. The quantitative estimate of drug-likeness (QED) is 0.738. The van der Waals surface area contributed by atoms with Gasteiger partial charge in [0.2, 0.25) is 0 Å². The van der Waals surface area contributed by atoms with Crippen molar-refractivity contribution in [3.63, 3.8) is 0 Å². The van der Waals surface area contributed by atoms with E-state index in [1.807, 2.05) is 32.6 Å². The predicted molar refractivity (Wildman–Crippen MR) is 62.1 cm³/mol. The number of nitrogens with zero attached hydrogens (tertiary/aromatic N) is 1. The minimum absolute atomic E-state index is 0.113. The summed E-state index contributed by atoms with van der Waals surface area (Å²) in [7, 11) is 0. The lowest BCUT2D eigenvalue weighted by atomic mass is 10.1. The van der Waals surface area contributed by atoms with Gasteiger partial charge in [0.05, 0.1) is 6.61 Å². The maximum absolute atomic E-state index is 11.9. The van der Waals surface area contributed by atoms with Crippen LogP contribution < -0.4 is 0 Å². The molecule has 1 N–H and O–H groups in total. The smallest absolute Gasteiger partial charge is 0.323 e. The van der Waals surface area contributed by atoms with Crippen molar-refractivity contribution in [2.24, 2.45) is 0 Å². The van der Waals surface area contributed by atoms with Gasteiger partial charge in [-0.25, -0.2) is 0 Å². The SMILES string of the molecule is C[C@H](C(=O)OC(C)(C)C)N1CCC[C@@H]1CO. The Hall–Kier alpha value is -0.610. The molecule has 0 spiro atoms. The van der Waals surface area contributed by atoms with E-state index >= 15 is 0 Å². The molecule has 4 nitrogen and oxygen atoms in total. The second-order valence-corrected chi connectivity index (χ2v) is 5.43. The minimum atomic E-state index is -0.445. The van der Waals surface area contributed by atoms with Crippen molar-refractivity contribution in [1.29, 1.82) is 0 Å². The Balaban J connectivity index is 2.56. The number of hydrogen-bond acceptors (Lipinski definition) is 4. The molecule has 2 atom stereocenters. The summed E-state index contributed by atoms with van der Waals surface area (Å²) < 4.78 is 5.34. The summed E-state index contributed by atoms with van der Waals surface area (Å²) in [5.74, 6) is -0.201. The molecular formula is C12H23NO3. The molecule has 1 rings (SSSR count). The van der Waals surface area contributed by atoms with Gasteiger partial charge in [-0.3, -0.25) is 9.69 Å². The Morgan fingerprint density at radius 1 is 1.56 bits per heavy atom. The number of carbonyl (C=O) groups excluding carboxylic acids is 1. The number of esters is 1. The largest absolute Gasteiger partial charge is 0.459 e. The van der Waals surface area contributed by atoms with Crippen LogP contribution in [-0.4, -0.2) is 46.8 Å². The topological polar surface area (TPSA) is 49.8 Å². The van der Waals surface area contributed by atoms with E-state index in [0.717, 1.165) is 19.4 Å². The van der Waals surface area contributed by atoms with E-state index < -0.39 is 5.60 Å². The van der Waals surface area contributed by atoms with Crippen molar-refractivity contribution in [2.45, 2.75) is 58.2 Å². The Labute approximate surface area is 97.6 Å². The van der Waals surface area contributed by atoms with Gasteiger partial charge in [-0.15, -0.1) is 0 Å². The first-order chi connectivity index (χ1) is 7.35. The summed E-state index contributed by atoms with van der Waals surface area (Å²) in [6.07, 6.45) is 2.00. The van der Waals surface area contributed by atoms with E-state index in [9.17, 15) is 9.90 Å². The lowest BCUT2D eigenvalue weighted by Crippen LogP contribution is -2.46. The number of likely N-dealkylation sites (tertiary alicyclic amines) is 1. The Morgan fingerprint density at radius 2 is 2.19 bits per heavy atom. The van der Waals surface area contributed by atoms with Crippen molar-refractivity contribution in [2.75, 3.05) is 13.2 Å². The first kappa shape index (κ1) is 13.5. The second-order valence-electron chi connectivity index (χ2n) is 5.43. The van der Waals surface area contributed by atoms with Crippen LogP contribution in [0.25, 0.3) is 0 Å². The number of aliphatic hydroxyl groups excluding tert-OH is 1. The fourth-order valence-electron chi connectivity index (χ4n) is 2.09. The third-order valence-corrected chi connectivity index (χ3v) is 2.88. The van der Waals surface area contributed by atoms with Crippen LogP contribution in [0, 0.1) is 0 Å². The van der Waals surface area contributed by atoms with Crippen LogP contribution in [0.3, 0.4) is 0 Å². The van der Waals surface area contributed by atoms with Crippen molar-refractivity contribution in [3.8, 4) is 0 Å². The van der Waals surface area contributed by atoms with Crippen molar-refractivity contribution in [1.82, 2.24) is 4.90 Å². The van der Waals surface area contributed by atoms with Gasteiger partial charge >= 0.3 is 5.97 Å². The highest BCUT2D eigenvalue weighted by atomic mass is 16.6. The summed E-state index contributed by atoms with van der Waals surface area (Å²) in [6.45, 7) is 8.43. The van der Waals surface area contributed by atoms with Gasteiger partial charge in [0.25, 0.3) is 0 Å². The number of ether oxygens (including phenoxy) is 1. The Bertz CT molecular complexity index is 247. The lowest BCUT2D eigenvalue weighted by molar-refractivity contribution is -0.161. The van der Waals surface area contributed by atoms with Gasteiger partial charge in [0.1, 0.15) is 11.6 Å². The molecule has 1 aliphatic rings. The fourth-order valence-corrected chi connectivity index (χ4v) is 2.09. The predicted octanol–water partition coefficient (Wildman–Crippen LogP) is 1.17. The molecule has 0 radical (unpaired) electrons. The highest BCUT2D eigenvalue weighted by Gasteiger charge is 2.33. The second kappa shape index (κ2) is 5.15. The van der Waals surface area contributed by atoms with Crippen molar-refractivity contribution >= 4 is 5.97 Å². The highest BCUT2D eigenvalue weighted by Crippen LogP contribution is 2.21. The van der Waals surface area contributed by atoms with E-state index in [-0.39, 0.29) is 24.7 Å². The molecule has 1 aliphatic heterocycles. The third kappa shape index (κ3) is 3.46. The van der Waals surface area contributed by atoms with Gasteiger partial charge in [-0.2, -0.15) is 0 Å². The van der Waals surface area contributed by atoms with Crippen LogP contribution in [0.2, 0.25) is 0 Å². The van der Waals surface area contributed by atoms with Crippen molar-refractivity contribution < 1.29 is 14.6 Å². The number of aliphatic hydroxyl groups is 1. The average molecular weight is 229 g/mol. The van der Waals surface area contributed by atoms with Crippen molar-refractivity contribution in [3.05, 3.63) is 0 Å². The van der Waals surface area contributed by atoms with Gasteiger partial charge < -0.3 is 9.84 Å². The molecule has 0 aliphatic carbocycles. The van der Waals surface area contributed by atoms with Gasteiger partial charge in [0.15, 0.2) is 0 Å². The lowest BCUT2D eigenvalue weighted by Gasteiger charge is -2.30. The average Bonchev–Trinajstić information content (AvgIpc) is 2.61. The van der Waals surface area contributed by atoms with Crippen LogP contribution in [-0.2, 0) is 9.53 Å². The maximum atomic E-state index is 11.9. The normalized spacial score (nSPS) is 24.4. The van der Waals surface area contributed by atoms with E-state index in [4.69, 9.17) is 4.74 Å². The van der Waals surface area contributed by atoms with Crippen LogP contribution in [0.4, 0.5) is 0 Å². The fraction of sp³-hybridized carbons (Fsp3) is 0.917. The summed E-state index contributed by atoms with van der Waals surface area (Å²) in [5, 5.41) is 9.21. The number of rotatable bonds is 3. The molecule has 0 aromatic heterocycles. The molecule has 16 heavy (non-hydrogen) atoms. The molecule has 0 unspecified atom stereocenters. The van der Waals surface area contributed by atoms with E-state index in [2.05, 4.69) is 0 Å². The van der Waals surface area contributed by atoms with Gasteiger partial charge in [-0.1, -0.05) is 0 Å². The highest BCUT2D eigenvalue weighted by molar-refractivity contribution is 5.75. The van der Waals surface area contributed by atoms with E-state index in [1.54, 1.807) is 0 Å². The zero-order valence-electron chi connectivity index (χ0n) is 10.7. The summed E-state index contributed by atoms with van der Waals surface area (Å²) >= 11 is 0. The Kier molecular flexibility index (Phi) is 4.33. The first-order valence-corrected chi connectivity index (χ1v) is 5.94. The molecule has 0 saturated carbocycles. The van der Waals surface area contributed by atoms with Crippen LogP contribution in [0.15, 0.2) is 0 Å². The summed E-state index contributed by atoms with van der Waals surface area (Å²) in [6, 6.07) is -0.151. The van der Waals surface area contributed by atoms with Crippen LogP contribution in [0.1, 0.15) is 40.5 Å². The van der Waals surface area contributed by atoms with E-state index in [1.165, 1.54) is 0 Å². The van der Waals surface area contributed by atoms with Gasteiger partial charge in [0, 0.05) is 6.04 Å². The molecule has 0 amide bonds. The Morgan fingerprint density at radius 3 is 2.69 bits per heavy atom. The first-order valence-electron chi connectivity index (χ1n) is 5.94. The van der Waals surface area contributed by atoms with Crippen LogP contribution >= 0.6 is 0 Å². The molecule has 0 aromatic rings. The van der Waals surface area contributed by atoms with Crippen LogP contribution in [0.5, 0.6) is 0 Å². The monoisotopic (exact) mass is 229 g/mol. The molecule has 1 fully saturated rings. The maximum Gasteiger partial charge on any atom is 0.323 e. The molecule has 94 valence electrons. The molecular weight excluding hydrogens is 206 g/mol. The summed E-state index contributed by atoms with van der Waals surface area (Å²) in [4.78, 5) is 13.9. The number of hydrogen-bond donors (Lipinski definition) is 1. The molecule has 0 bridgehead atoms. The minimum Gasteiger partial charge on any atom is -0.459 e. The number of carbonyl (C=O) groups is 1. The zero-order chi connectivity index (χ0) is 12.3. The molecule has 1 heterocycles. The summed E-state index contributed by atoms with van der Waals surface area (Å²) in [5.41, 5.74) is -0.445. The standard InChI is InChI=1S/C12H23NO3/c1-9(11(15)16-12(2,3)4)13-7-5-6-10(13)8-14/h9-10,14H,5-8H2,1-4H3/t9-,10-/m1/s1. The molecule has 0 aromatic carbocycles. The third-order valence-electron chi connectivity index (χ3n) is 2.88. The van der Waals surface area contributed by atoms with Gasteiger partial charge in [-0.05, 0) is 47.1 Å². The molecule has 1 saturated heterocycles. The van der Waals surface area contributed by atoms with E-state index in [0.29, 0.717) is 0 Å². The zero-order valence-corrected chi connectivity index (χ0v) is 10.7.